The molecule has 0 aliphatic carbocycles. The van der Waals surface area contributed by atoms with Crippen LogP contribution in [0, 0.1) is 0 Å². The molecule has 0 amide bonds. The molecule has 0 saturated carbocycles. The Kier molecular flexibility index (Phi) is 2.15. The highest BCUT2D eigenvalue weighted by atomic mass is 35.7. The van der Waals surface area contributed by atoms with Crippen LogP contribution in [0.3, 0.4) is 0 Å². The van der Waals surface area contributed by atoms with Gasteiger partial charge in [-0.1, -0.05) is 6.07 Å². The van der Waals surface area contributed by atoms with Gasteiger partial charge < -0.3 is 0 Å². The Morgan fingerprint density at radius 1 is 1.17 bits per heavy atom. The average molecular weight is 197 g/mol. The van der Waals surface area contributed by atoms with Gasteiger partial charge >= 0.3 is 0 Å². The van der Waals surface area contributed by atoms with Crippen molar-refractivity contribution in [1.82, 2.24) is 9.97 Å². The molecule has 0 radical (unpaired) electrons. The van der Waals surface area contributed by atoms with Crippen LogP contribution in [0.5, 0.6) is 0 Å². The van der Waals surface area contributed by atoms with Gasteiger partial charge in [0.15, 0.2) is 0 Å². The highest BCUT2D eigenvalue weighted by Gasteiger charge is 2.00. The van der Waals surface area contributed by atoms with E-state index in [1.165, 1.54) is 11.0 Å². The van der Waals surface area contributed by atoms with Gasteiger partial charge in [0.05, 0.1) is 10.4 Å². The molecule has 0 fully saturated rings. The first-order chi connectivity index (χ1) is 5.92. The molecule has 0 unspecified atom stereocenters. The Morgan fingerprint density at radius 3 is 2.83 bits per heavy atom. The SMILES string of the molecule is ClSc1cccc2nccnc12. The summed E-state index contributed by atoms with van der Waals surface area (Å²) >= 11 is 0. The van der Waals surface area contributed by atoms with E-state index in [2.05, 4.69) is 9.97 Å². The van der Waals surface area contributed by atoms with Crippen molar-refractivity contribution in [2.24, 2.45) is 0 Å². The van der Waals surface area contributed by atoms with Crippen LogP contribution in [-0.4, -0.2) is 9.97 Å². The average Bonchev–Trinajstić information content (AvgIpc) is 2.17. The van der Waals surface area contributed by atoms with Gasteiger partial charge in [0.2, 0.25) is 0 Å². The van der Waals surface area contributed by atoms with Crippen LogP contribution in [0.4, 0.5) is 0 Å². The molecule has 0 aliphatic rings. The number of halogens is 1. The maximum absolute atomic E-state index is 5.65. The van der Waals surface area contributed by atoms with Crippen molar-refractivity contribution in [2.75, 3.05) is 0 Å². The van der Waals surface area contributed by atoms with Crippen molar-refractivity contribution in [1.29, 1.82) is 0 Å². The second-order valence-electron chi connectivity index (χ2n) is 2.26. The molecule has 0 spiro atoms. The van der Waals surface area contributed by atoms with Crippen molar-refractivity contribution in [2.45, 2.75) is 4.90 Å². The van der Waals surface area contributed by atoms with Gasteiger partial charge in [-0.25, -0.2) is 0 Å². The minimum atomic E-state index is 0.861. The molecule has 12 heavy (non-hydrogen) atoms. The molecule has 0 saturated heterocycles. The van der Waals surface area contributed by atoms with Gasteiger partial charge in [0.1, 0.15) is 5.52 Å². The van der Waals surface area contributed by atoms with Crippen molar-refractivity contribution in [3.05, 3.63) is 30.6 Å². The third-order valence-corrected chi connectivity index (χ3v) is 2.54. The van der Waals surface area contributed by atoms with E-state index in [0.717, 1.165) is 15.9 Å². The fraction of sp³-hybridized carbons (Fsp3) is 0. The monoisotopic (exact) mass is 196 g/mol. The highest BCUT2D eigenvalue weighted by Crippen LogP contribution is 2.27. The van der Waals surface area contributed by atoms with Crippen molar-refractivity contribution < 1.29 is 0 Å². The summed E-state index contributed by atoms with van der Waals surface area (Å²) in [5.74, 6) is 0. The summed E-state index contributed by atoms with van der Waals surface area (Å²) in [5.41, 5.74) is 1.74. The van der Waals surface area contributed by atoms with Crippen LogP contribution in [0.15, 0.2) is 35.5 Å². The Labute approximate surface area is 78.5 Å². The molecular weight excluding hydrogens is 192 g/mol. The predicted molar refractivity (Wildman–Crippen MR) is 51.2 cm³/mol. The quantitative estimate of drug-likeness (QED) is 0.702. The molecule has 2 aromatic rings. The Morgan fingerprint density at radius 2 is 2.00 bits per heavy atom. The van der Waals surface area contributed by atoms with E-state index >= 15 is 0 Å². The van der Waals surface area contributed by atoms with Crippen molar-refractivity contribution in [3.8, 4) is 0 Å². The number of para-hydroxylation sites is 1. The van der Waals surface area contributed by atoms with Gasteiger partial charge in [-0.05, 0) is 33.8 Å². The third kappa shape index (κ3) is 1.26. The second kappa shape index (κ2) is 3.29. The number of benzene rings is 1. The standard InChI is InChI=1S/C8H5ClN2S/c9-12-7-3-1-2-6-8(7)11-5-4-10-6/h1-5H. The lowest BCUT2D eigenvalue weighted by Crippen LogP contribution is -1.82. The number of aromatic nitrogens is 2. The largest absolute Gasteiger partial charge is 0.253 e. The lowest BCUT2D eigenvalue weighted by Gasteiger charge is -1.98. The van der Waals surface area contributed by atoms with Gasteiger partial charge in [-0.3, -0.25) is 9.97 Å². The summed E-state index contributed by atoms with van der Waals surface area (Å²) < 4.78 is 0. The number of nitrogens with zero attached hydrogens (tertiary/aromatic N) is 2. The van der Waals surface area contributed by atoms with E-state index in [9.17, 15) is 0 Å². The van der Waals surface area contributed by atoms with Crippen LogP contribution in [0.25, 0.3) is 11.0 Å². The summed E-state index contributed by atoms with van der Waals surface area (Å²) in [5, 5.41) is 0. The summed E-state index contributed by atoms with van der Waals surface area (Å²) in [6, 6.07) is 5.76. The van der Waals surface area contributed by atoms with E-state index < -0.39 is 0 Å². The maximum Gasteiger partial charge on any atom is 0.103 e. The second-order valence-corrected chi connectivity index (χ2v) is 3.31. The third-order valence-electron chi connectivity index (χ3n) is 1.54. The predicted octanol–water partition coefficient (Wildman–Crippen LogP) is 2.88. The van der Waals surface area contributed by atoms with E-state index in [4.69, 9.17) is 10.7 Å². The Bertz CT molecular complexity index is 400. The van der Waals surface area contributed by atoms with Crippen LogP contribution < -0.4 is 0 Å². The molecule has 2 nitrogen and oxygen atoms in total. The number of rotatable bonds is 1. The molecule has 1 aromatic heterocycles. The van der Waals surface area contributed by atoms with E-state index in [1.54, 1.807) is 12.4 Å². The van der Waals surface area contributed by atoms with E-state index in [0.29, 0.717) is 0 Å². The maximum atomic E-state index is 5.65. The fourth-order valence-electron chi connectivity index (χ4n) is 1.03. The molecule has 1 aromatic carbocycles. The number of hydrogen-bond acceptors (Lipinski definition) is 3. The molecular formula is C8H5ClN2S. The van der Waals surface area contributed by atoms with Gasteiger partial charge in [-0.2, -0.15) is 0 Å². The zero-order valence-electron chi connectivity index (χ0n) is 6.07. The number of hydrogen-bond donors (Lipinski definition) is 0. The van der Waals surface area contributed by atoms with Crippen molar-refractivity contribution >= 4 is 32.7 Å². The highest BCUT2D eigenvalue weighted by molar-refractivity contribution is 8.21. The molecule has 1 heterocycles. The summed E-state index contributed by atoms with van der Waals surface area (Å²) in [7, 11) is 6.82. The van der Waals surface area contributed by atoms with Crippen LogP contribution in [-0.2, 0) is 0 Å². The van der Waals surface area contributed by atoms with E-state index in [1.807, 2.05) is 18.2 Å². The summed E-state index contributed by atoms with van der Waals surface area (Å²) in [6.07, 6.45) is 3.34. The lowest BCUT2D eigenvalue weighted by atomic mass is 10.3. The summed E-state index contributed by atoms with van der Waals surface area (Å²) in [6.45, 7) is 0. The molecule has 0 N–H and O–H groups in total. The normalized spacial score (nSPS) is 10.4. The first kappa shape index (κ1) is 7.83. The Hall–Kier alpha value is -0.800. The van der Waals surface area contributed by atoms with Crippen LogP contribution in [0.2, 0.25) is 0 Å². The molecule has 60 valence electrons. The van der Waals surface area contributed by atoms with Gasteiger partial charge in [0.25, 0.3) is 0 Å². The zero-order valence-corrected chi connectivity index (χ0v) is 7.64. The first-order valence-corrected chi connectivity index (χ1v) is 5.04. The first-order valence-electron chi connectivity index (χ1n) is 3.40. The lowest BCUT2D eigenvalue weighted by molar-refractivity contribution is 1.26. The molecule has 0 atom stereocenters. The Balaban J connectivity index is 2.79. The van der Waals surface area contributed by atoms with Gasteiger partial charge in [-0.15, -0.1) is 0 Å². The fourth-order valence-corrected chi connectivity index (χ4v) is 1.76. The number of fused-ring (bicyclic) bond motifs is 1. The molecule has 0 bridgehead atoms. The van der Waals surface area contributed by atoms with Crippen LogP contribution in [0.1, 0.15) is 0 Å². The molecule has 0 aliphatic heterocycles. The summed E-state index contributed by atoms with van der Waals surface area (Å²) in [4.78, 5) is 9.29. The molecule has 4 heteroatoms. The molecule has 2 rings (SSSR count). The van der Waals surface area contributed by atoms with Crippen molar-refractivity contribution in [3.63, 3.8) is 0 Å². The smallest absolute Gasteiger partial charge is 0.103 e. The zero-order chi connectivity index (χ0) is 8.39. The minimum absolute atomic E-state index is 0.861. The minimum Gasteiger partial charge on any atom is -0.253 e. The van der Waals surface area contributed by atoms with Crippen LogP contribution >= 0.6 is 21.7 Å². The van der Waals surface area contributed by atoms with E-state index in [-0.39, 0.29) is 0 Å². The topological polar surface area (TPSA) is 25.8 Å². The van der Waals surface area contributed by atoms with Gasteiger partial charge in [0, 0.05) is 12.4 Å².